The third-order valence-electron chi connectivity index (χ3n) is 4.04. The van der Waals surface area contributed by atoms with Crippen LogP contribution in [0.4, 0.5) is 0 Å². The van der Waals surface area contributed by atoms with E-state index in [1.807, 2.05) is 6.08 Å². The molecule has 1 rings (SSSR count). The first-order valence-corrected chi connectivity index (χ1v) is 15.5. The Balaban J connectivity index is 3.20. The van der Waals surface area contributed by atoms with Gasteiger partial charge in [0.15, 0.2) is 8.32 Å². The van der Waals surface area contributed by atoms with Gasteiger partial charge in [0.05, 0.1) is 17.3 Å². The van der Waals surface area contributed by atoms with E-state index in [-0.39, 0.29) is 11.5 Å². The Hall–Kier alpha value is -0.766. The molecule has 1 aliphatic rings. The summed E-state index contributed by atoms with van der Waals surface area (Å²) in [4.78, 5) is 0. The molecule has 130 valence electrons. The molecule has 0 spiro atoms. The van der Waals surface area contributed by atoms with Gasteiger partial charge in [0, 0.05) is 6.42 Å². The maximum Gasteiger partial charge on any atom is 0.241 e. The van der Waals surface area contributed by atoms with Crippen LogP contribution in [-0.4, -0.2) is 22.7 Å². The Labute approximate surface area is 145 Å². The van der Waals surface area contributed by atoms with Crippen LogP contribution in [0.2, 0.25) is 39.3 Å². The van der Waals surface area contributed by atoms with Gasteiger partial charge in [-0.25, -0.2) is 0 Å². The van der Waals surface area contributed by atoms with Gasteiger partial charge in [0.2, 0.25) is 8.32 Å². The van der Waals surface area contributed by atoms with Gasteiger partial charge in [0.25, 0.3) is 0 Å². The first-order chi connectivity index (χ1) is 10.5. The molecule has 0 fully saturated rings. The van der Waals surface area contributed by atoms with E-state index in [1.165, 1.54) is 0 Å². The smallest absolute Gasteiger partial charge is 0.241 e. The first kappa shape index (κ1) is 20.3. The fourth-order valence-electron chi connectivity index (χ4n) is 3.25. The molecule has 0 bridgehead atoms. The van der Waals surface area contributed by atoms with Gasteiger partial charge in [-0.3, -0.25) is 0 Å². The zero-order valence-corrected chi connectivity index (χ0v) is 17.9. The van der Waals surface area contributed by atoms with Gasteiger partial charge < -0.3 is 8.85 Å². The molecule has 0 N–H and O–H groups in total. The second-order valence-electron chi connectivity index (χ2n) is 8.42. The summed E-state index contributed by atoms with van der Waals surface area (Å²) in [5.74, 6) is 3.96. The van der Waals surface area contributed by atoms with E-state index in [0.29, 0.717) is 0 Å². The molecule has 0 radical (unpaired) electrons. The molecule has 0 saturated carbocycles. The largest absolute Gasteiger partial charge is 0.547 e. The summed E-state index contributed by atoms with van der Waals surface area (Å²) in [5, 5.41) is 0. The molecule has 0 unspecified atom stereocenters. The van der Waals surface area contributed by atoms with Gasteiger partial charge in [-0.15, -0.1) is 18.9 Å². The summed E-state index contributed by atoms with van der Waals surface area (Å²) in [6, 6.07) is 0. The van der Waals surface area contributed by atoms with Crippen LogP contribution in [0.15, 0.2) is 24.5 Å². The molecule has 0 aliphatic heterocycles. The number of terminal acetylenes is 1. The van der Waals surface area contributed by atoms with Crippen molar-refractivity contribution in [3.05, 3.63) is 24.5 Å². The fraction of sp³-hybridized carbons (Fsp3) is 0.684. The Bertz CT molecular complexity index is 477. The molecule has 4 heteroatoms. The van der Waals surface area contributed by atoms with Crippen molar-refractivity contribution < 1.29 is 8.85 Å². The Morgan fingerprint density at radius 1 is 1.30 bits per heavy atom. The van der Waals surface area contributed by atoms with E-state index in [1.54, 1.807) is 0 Å². The van der Waals surface area contributed by atoms with Crippen molar-refractivity contribution >= 4 is 16.6 Å². The fourth-order valence-corrected chi connectivity index (χ4v) is 5.37. The molecule has 2 nitrogen and oxygen atoms in total. The van der Waals surface area contributed by atoms with Gasteiger partial charge in [-0.05, 0) is 71.0 Å². The van der Waals surface area contributed by atoms with Crippen molar-refractivity contribution in [2.24, 2.45) is 5.41 Å². The summed E-state index contributed by atoms with van der Waals surface area (Å²) in [6.45, 7) is 17.4. The van der Waals surface area contributed by atoms with Crippen molar-refractivity contribution in [3.8, 4) is 12.3 Å². The minimum Gasteiger partial charge on any atom is -0.547 e. The molecule has 0 heterocycles. The topological polar surface area (TPSA) is 18.5 Å². The minimum atomic E-state index is -1.67. The lowest BCUT2D eigenvalue weighted by Gasteiger charge is -2.43. The summed E-state index contributed by atoms with van der Waals surface area (Å²) < 4.78 is 13.1. The van der Waals surface area contributed by atoms with E-state index in [4.69, 9.17) is 15.3 Å². The Morgan fingerprint density at radius 2 is 1.96 bits per heavy atom. The van der Waals surface area contributed by atoms with Crippen LogP contribution < -0.4 is 0 Å². The van der Waals surface area contributed by atoms with Crippen LogP contribution in [-0.2, 0) is 8.85 Å². The normalized spacial score (nSPS) is 23.1. The van der Waals surface area contributed by atoms with Crippen LogP contribution in [0.1, 0.15) is 32.1 Å². The number of allylic oxidation sites excluding steroid dienone is 1. The van der Waals surface area contributed by atoms with Crippen molar-refractivity contribution in [2.45, 2.75) is 77.5 Å². The van der Waals surface area contributed by atoms with E-state index in [0.717, 1.165) is 37.9 Å². The number of hydrogen-bond donors (Lipinski definition) is 0. The van der Waals surface area contributed by atoms with Gasteiger partial charge in [-0.1, -0.05) is 6.08 Å². The zero-order valence-electron chi connectivity index (χ0n) is 15.9. The molecule has 0 amide bonds. The molecule has 0 saturated heterocycles. The summed E-state index contributed by atoms with van der Waals surface area (Å²) in [7, 11) is -3.34. The number of hydrogen-bond acceptors (Lipinski definition) is 2. The molecule has 0 aromatic heterocycles. The van der Waals surface area contributed by atoms with E-state index in [2.05, 4.69) is 57.9 Å². The predicted octanol–water partition coefficient (Wildman–Crippen LogP) is 5.71. The van der Waals surface area contributed by atoms with Crippen molar-refractivity contribution in [3.63, 3.8) is 0 Å². The maximum atomic E-state index is 6.60. The lowest BCUT2D eigenvalue weighted by atomic mass is 9.75. The van der Waals surface area contributed by atoms with Crippen molar-refractivity contribution in [1.29, 1.82) is 0 Å². The highest BCUT2D eigenvalue weighted by Gasteiger charge is 2.47. The molecule has 0 aromatic rings. The second kappa shape index (κ2) is 7.87. The average Bonchev–Trinajstić information content (AvgIpc) is 2.76. The van der Waals surface area contributed by atoms with Gasteiger partial charge in [-0.2, -0.15) is 0 Å². The summed E-state index contributed by atoms with van der Waals surface area (Å²) in [6.07, 6.45) is 14.6. The SMILES string of the molecule is C#CCC[C@@]1([C@@H](CC=C)O[Si](C)(C)C)CCC=C1O[Si](C)(C)C. The van der Waals surface area contributed by atoms with Gasteiger partial charge in [0.1, 0.15) is 0 Å². The Kier molecular flexibility index (Phi) is 6.94. The van der Waals surface area contributed by atoms with Crippen molar-refractivity contribution in [2.75, 3.05) is 0 Å². The highest BCUT2D eigenvalue weighted by Crippen LogP contribution is 2.50. The average molecular weight is 351 g/mol. The summed E-state index contributed by atoms with van der Waals surface area (Å²) in [5.41, 5.74) is -0.0822. The molecular weight excluding hydrogens is 316 g/mol. The molecule has 1 aliphatic carbocycles. The van der Waals surface area contributed by atoms with Crippen LogP contribution in [0.3, 0.4) is 0 Å². The molecule has 2 atom stereocenters. The second-order valence-corrected chi connectivity index (χ2v) is 17.3. The van der Waals surface area contributed by atoms with E-state index in [9.17, 15) is 0 Å². The lowest BCUT2D eigenvalue weighted by molar-refractivity contribution is 0.0374. The van der Waals surface area contributed by atoms with Crippen LogP contribution in [0.5, 0.6) is 0 Å². The Morgan fingerprint density at radius 3 is 2.43 bits per heavy atom. The van der Waals surface area contributed by atoms with Crippen LogP contribution in [0, 0.1) is 17.8 Å². The highest BCUT2D eigenvalue weighted by molar-refractivity contribution is 6.70. The van der Waals surface area contributed by atoms with E-state index < -0.39 is 16.6 Å². The molecular formula is C19H34O2Si2. The summed E-state index contributed by atoms with van der Waals surface area (Å²) >= 11 is 0. The monoisotopic (exact) mass is 350 g/mol. The number of rotatable bonds is 9. The lowest BCUT2D eigenvalue weighted by Crippen LogP contribution is -2.45. The van der Waals surface area contributed by atoms with Crippen LogP contribution in [0.25, 0.3) is 0 Å². The first-order valence-electron chi connectivity index (χ1n) is 8.66. The molecule has 23 heavy (non-hydrogen) atoms. The third kappa shape index (κ3) is 5.98. The quantitative estimate of drug-likeness (QED) is 0.301. The standard InChI is InChI=1S/C19H34O2Si2/c1-9-11-15-19(17(13-10-2)20-22(3,4)5)16-12-14-18(19)21-23(6,7)8/h1,10,14,17H,2,11-13,15-16H2,3-8H3/t17-,19+/m1/s1. The van der Waals surface area contributed by atoms with Crippen LogP contribution >= 0.6 is 0 Å². The maximum absolute atomic E-state index is 6.60. The highest BCUT2D eigenvalue weighted by atomic mass is 28.4. The van der Waals surface area contributed by atoms with Crippen molar-refractivity contribution in [1.82, 2.24) is 0 Å². The zero-order chi connectivity index (χ0) is 17.7. The minimum absolute atomic E-state index is 0.0822. The van der Waals surface area contributed by atoms with Gasteiger partial charge >= 0.3 is 0 Å². The van der Waals surface area contributed by atoms with E-state index >= 15 is 0 Å². The predicted molar refractivity (Wildman–Crippen MR) is 105 cm³/mol. The molecule has 0 aromatic carbocycles. The third-order valence-corrected chi connectivity index (χ3v) is 5.86.